The molecule has 0 N–H and O–H groups in total. The molecule has 2 heteroatoms. The SMILES string of the molecule is CC.CC.CC.O=C(/C=C/c1ccccc1)Cc1ccccc1.O=Cc1ccccc1. The van der Waals surface area contributed by atoms with Crippen LogP contribution in [0.3, 0.4) is 0 Å². The highest BCUT2D eigenvalue weighted by molar-refractivity contribution is 5.95. The third-order valence-corrected chi connectivity index (χ3v) is 3.42. The first kappa shape index (κ1) is 29.9. The van der Waals surface area contributed by atoms with E-state index in [0.29, 0.717) is 6.42 Å². The number of rotatable bonds is 5. The average molecular weight is 419 g/mol. The summed E-state index contributed by atoms with van der Waals surface area (Å²) >= 11 is 0. The minimum atomic E-state index is 0.125. The number of aldehydes is 1. The summed E-state index contributed by atoms with van der Waals surface area (Å²) < 4.78 is 0. The third kappa shape index (κ3) is 16.2. The van der Waals surface area contributed by atoms with Gasteiger partial charge in [0.1, 0.15) is 6.29 Å². The van der Waals surface area contributed by atoms with Crippen LogP contribution in [0.2, 0.25) is 0 Å². The average Bonchev–Trinajstić information content (AvgIpc) is 2.88. The Morgan fingerprint density at radius 2 is 1.00 bits per heavy atom. The molecule has 0 radical (unpaired) electrons. The van der Waals surface area contributed by atoms with Crippen LogP contribution in [0, 0.1) is 0 Å². The third-order valence-electron chi connectivity index (χ3n) is 3.42. The van der Waals surface area contributed by atoms with Gasteiger partial charge in [-0.05, 0) is 17.2 Å². The zero-order valence-corrected chi connectivity index (χ0v) is 19.9. The van der Waals surface area contributed by atoms with Crippen molar-refractivity contribution in [2.24, 2.45) is 0 Å². The number of benzene rings is 3. The summed E-state index contributed by atoms with van der Waals surface area (Å²) in [5, 5.41) is 0. The topological polar surface area (TPSA) is 34.1 Å². The lowest BCUT2D eigenvalue weighted by Crippen LogP contribution is -1.97. The molecular weight excluding hydrogens is 380 g/mol. The summed E-state index contributed by atoms with van der Waals surface area (Å²) in [5.41, 5.74) is 2.83. The molecule has 3 aromatic rings. The maximum Gasteiger partial charge on any atom is 0.160 e. The Morgan fingerprint density at radius 3 is 1.39 bits per heavy atom. The molecule has 0 atom stereocenters. The predicted octanol–water partition coefficient (Wildman–Crippen LogP) is 8.09. The van der Waals surface area contributed by atoms with E-state index < -0.39 is 0 Å². The van der Waals surface area contributed by atoms with E-state index >= 15 is 0 Å². The van der Waals surface area contributed by atoms with Gasteiger partial charge < -0.3 is 0 Å². The summed E-state index contributed by atoms with van der Waals surface area (Å²) in [4.78, 5) is 21.7. The molecule has 31 heavy (non-hydrogen) atoms. The van der Waals surface area contributed by atoms with Crippen molar-refractivity contribution in [3.05, 3.63) is 114 Å². The Kier molecular flexibility index (Phi) is 22.2. The fraction of sp³-hybridized carbons (Fsp3) is 0.241. The van der Waals surface area contributed by atoms with Gasteiger partial charge in [0.15, 0.2) is 5.78 Å². The zero-order valence-electron chi connectivity index (χ0n) is 19.9. The Balaban J connectivity index is 0. The van der Waals surface area contributed by atoms with Crippen LogP contribution >= 0.6 is 0 Å². The van der Waals surface area contributed by atoms with Crippen molar-refractivity contribution in [3.63, 3.8) is 0 Å². The number of carbonyl (C=O) groups is 2. The second-order valence-electron chi connectivity index (χ2n) is 5.40. The van der Waals surface area contributed by atoms with E-state index in [2.05, 4.69) is 0 Å². The van der Waals surface area contributed by atoms with E-state index in [1.165, 1.54) is 0 Å². The molecule has 0 unspecified atom stereocenters. The molecule has 0 fully saturated rings. The number of carbonyl (C=O) groups excluding carboxylic acids is 2. The van der Waals surface area contributed by atoms with Crippen molar-refractivity contribution in [3.8, 4) is 0 Å². The molecule has 0 aliphatic heterocycles. The van der Waals surface area contributed by atoms with Gasteiger partial charge >= 0.3 is 0 Å². The highest BCUT2D eigenvalue weighted by Crippen LogP contribution is 2.04. The molecule has 0 aromatic heterocycles. The van der Waals surface area contributed by atoms with Crippen LogP contribution in [0.15, 0.2) is 97.1 Å². The van der Waals surface area contributed by atoms with Crippen molar-refractivity contribution in [1.82, 2.24) is 0 Å². The molecule has 0 amide bonds. The van der Waals surface area contributed by atoms with Crippen LogP contribution < -0.4 is 0 Å². The van der Waals surface area contributed by atoms with Gasteiger partial charge in [-0.1, -0.05) is 139 Å². The molecule has 0 bridgehead atoms. The summed E-state index contributed by atoms with van der Waals surface area (Å²) in [6.45, 7) is 12.0. The van der Waals surface area contributed by atoms with Crippen LogP contribution in [0.5, 0.6) is 0 Å². The van der Waals surface area contributed by atoms with Crippen LogP contribution in [0.1, 0.15) is 63.0 Å². The molecule has 3 aromatic carbocycles. The summed E-state index contributed by atoms with van der Waals surface area (Å²) in [5.74, 6) is 0.125. The lowest BCUT2D eigenvalue weighted by atomic mass is 10.1. The first-order valence-corrected chi connectivity index (χ1v) is 11.1. The normalized spacial score (nSPS) is 8.58. The number of hydrogen-bond donors (Lipinski definition) is 0. The predicted molar refractivity (Wildman–Crippen MR) is 137 cm³/mol. The van der Waals surface area contributed by atoms with Crippen molar-refractivity contribution < 1.29 is 9.59 Å². The molecular formula is C29H38O2. The van der Waals surface area contributed by atoms with Gasteiger partial charge in [-0.2, -0.15) is 0 Å². The molecule has 3 rings (SSSR count). The molecule has 0 spiro atoms. The Bertz CT molecular complexity index is 792. The van der Waals surface area contributed by atoms with Crippen LogP contribution in [0.25, 0.3) is 6.08 Å². The van der Waals surface area contributed by atoms with Crippen LogP contribution in [-0.2, 0) is 11.2 Å². The Labute approximate surface area is 189 Å². The summed E-state index contributed by atoms with van der Waals surface area (Å²) in [7, 11) is 0. The minimum Gasteiger partial charge on any atom is -0.298 e. The van der Waals surface area contributed by atoms with E-state index in [4.69, 9.17) is 0 Å². The Morgan fingerprint density at radius 1 is 0.613 bits per heavy atom. The lowest BCUT2D eigenvalue weighted by Gasteiger charge is -1.96. The number of hydrogen-bond acceptors (Lipinski definition) is 2. The van der Waals surface area contributed by atoms with Crippen molar-refractivity contribution in [2.75, 3.05) is 0 Å². The van der Waals surface area contributed by atoms with E-state index in [0.717, 1.165) is 23.0 Å². The molecule has 0 aliphatic rings. The monoisotopic (exact) mass is 418 g/mol. The number of allylic oxidation sites excluding steroid dienone is 1. The van der Waals surface area contributed by atoms with Gasteiger partial charge in [0.25, 0.3) is 0 Å². The quantitative estimate of drug-likeness (QED) is 0.310. The lowest BCUT2D eigenvalue weighted by molar-refractivity contribution is -0.113. The largest absolute Gasteiger partial charge is 0.298 e. The Hall–Kier alpha value is -3.26. The summed E-state index contributed by atoms with van der Waals surface area (Å²) in [6, 6.07) is 28.7. The van der Waals surface area contributed by atoms with E-state index in [9.17, 15) is 9.59 Å². The summed E-state index contributed by atoms with van der Waals surface area (Å²) in [6.07, 6.45) is 4.79. The molecule has 2 nitrogen and oxygen atoms in total. The number of ketones is 1. The fourth-order valence-corrected chi connectivity index (χ4v) is 2.14. The van der Waals surface area contributed by atoms with E-state index in [1.54, 1.807) is 18.2 Å². The van der Waals surface area contributed by atoms with Crippen LogP contribution in [0.4, 0.5) is 0 Å². The van der Waals surface area contributed by atoms with Crippen molar-refractivity contribution >= 4 is 18.1 Å². The molecule has 0 saturated carbocycles. The minimum absolute atomic E-state index is 0.125. The van der Waals surface area contributed by atoms with Crippen LogP contribution in [-0.4, -0.2) is 12.1 Å². The molecule has 0 aliphatic carbocycles. The van der Waals surface area contributed by atoms with Gasteiger partial charge in [-0.3, -0.25) is 9.59 Å². The van der Waals surface area contributed by atoms with Gasteiger partial charge in [-0.15, -0.1) is 0 Å². The van der Waals surface area contributed by atoms with Crippen molar-refractivity contribution in [1.29, 1.82) is 0 Å². The van der Waals surface area contributed by atoms with Gasteiger partial charge in [0, 0.05) is 12.0 Å². The first-order chi connectivity index (χ1) is 15.3. The van der Waals surface area contributed by atoms with Crippen molar-refractivity contribution in [2.45, 2.75) is 48.0 Å². The van der Waals surface area contributed by atoms with E-state index in [1.807, 2.05) is 126 Å². The molecule has 0 saturated heterocycles. The first-order valence-electron chi connectivity index (χ1n) is 11.1. The molecule has 166 valence electrons. The van der Waals surface area contributed by atoms with Gasteiger partial charge in [-0.25, -0.2) is 0 Å². The highest BCUT2D eigenvalue weighted by Gasteiger charge is 1.98. The molecule has 0 heterocycles. The van der Waals surface area contributed by atoms with Gasteiger partial charge in [0.2, 0.25) is 0 Å². The standard InChI is InChI=1S/C16H14O.C7H6O.3C2H6/c17-16(13-15-9-5-2-6-10-15)12-11-14-7-3-1-4-8-14;8-6-7-4-2-1-3-5-7;3*1-2/h1-12H,13H2;1-6H;3*1-2H3/b12-11+;;;;. The van der Waals surface area contributed by atoms with E-state index in [-0.39, 0.29) is 5.78 Å². The highest BCUT2D eigenvalue weighted by atomic mass is 16.1. The second-order valence-corrected chi connectivity index (χ2v) is 5.40. The second kappa shape index (κ2) is 23.0. The zero-order chi connectivity index (χ0) is 23.7. The smallest absolute Gasteiger partial charge is 0.160 e. The van der Waals surface area contributed by atoms with Gasteiger partial charge in [0.05, 0.1) is 0 Å². The maximum absolute atomic E-state index is 11.7. The maximum atomic E-state index is 11.7. The fourth-order valence-electron chi connectivity index (χ4n) is 2.14.